The number of hydrogen-bond donors (Lipinski definition) is 1. The first-order chi connectivity index (χ1) is 17.0. The SMILES string of the molecule is CN1CCN(c2ccc(C(=O)N(O)CCCCCCCCCCCCCCO[N+](=O)[O-])cn2)CC1. The van der Waals surface area contributed by atoms with Gasteiger partial charge in [0.15, 0.2) is 0 Å². The maximum atomic E-state index is 12.4. The average molecular weight is 494 g/mol. The molecule has 2 heterocycles. The first kappa shape index (κ1) is 28.8. The summed E-state index contributed by atoms with van der Waals surface area (Å²) in [6.45, 7) is 4.39. The number of aromatic nitrogens is 1. The van der Waals surface area contributed by atoms with Crippen LogP contribution in [0.4, 0.5) is 5.82 Å². The Labute approximate surface area is 209 Å². The minimum absolute atomic E-state index is 0.205. The highest BCUT2D eigenvalue weighted by Gasteiger charge is 2.17. The summed E-state index contributed by atoms with van der Waals surface area (Å²) in [5, 5.41) is 20.3. The standard InChI is InChI=1S/C25H43N5O5/c1-27-17-19-28(20-18-27)24-15-14-23(22-26-24)25(31)29(32)16-12-10-8-6-4-2-3-5-7-9-11-13-21-35-30(33)34/h14-15,22,32H,2-13,16-21H2,1H3. The van der Waals surface area contributed by atoms with Gasteiger partial charge in [-0.3, -0.25) is 10.0 Å². The second-order valence-corrected chi connectivity index (χ2v) is 9.42. The number of carbonyl (C=O) groups is 1. The summed E-state index contributed by atoms with van der Waals surface area (Å²) >= 11 is 0. The third-order valence-corrected chi connectivity index (χ3v) is 6.52. The van der Waals surface area contributed by atoms with Crippen LogP contribution in [0.1, 0.15) is 87.4 Å². The molecule has 1 aromatic rings. The van der Waals surface area contributed by atoms with E-state index in [1.165, 1.54) is 38.5 Å². The summed E-state index contributed by atoms with van der Waals surface area (Å²) in [7, 11) is 2.11. The average Bonchev–Trinajstić information content (AvgIpc) is 2.86. The number of hydrogen-bond acceptors (Lipinski definition) is 8. The lowest BCUT2D eigenvalue weighted by Gasteiger charge is -2.33. The minimum atomic E-state index is -0.730. The third kappa shape index (κ3) is 12.2. The lowest BCUT2D eigenvalue weighted by Crippen LogP contribution is -2.44. The predicted octanol–water partition coefficient (Wildman–Crippen LogP) is 4.55. The number of pyridine rings is 1. The number of piperazine rings is 1. The molecule has 2 rings (SSSR count). The topological polar surface area (TPSA) is 112 Å². The lowest BCUT2D eigenvalue weighted by molar-refractivity contribution is -0.757. The maximum Gasteiger partial charge on any atom is 0.294 e. The van der Waals surface area contributed by atoms with Crippen molar-refractivity contribution in [3.05, 3.63) is 34.0 Å². The van der Waals surface area contributed by atoms with Crippen LogP contribution in [0.15, 0.2) is 18.3 Å². The largest absolute Gasteiger partial charge is 0.354 e. The molecule has 1 aromatic heterocycles. The number of unbranched alkanes of at least 4 members (excludes halogenated alkanes) is 11. The Morgan fingerprint density at radius 2 is 1.51 bits per heavy atom. The van der Waals surface area contributed by atoms with Gasteiger partial charge in [0.05, 0.1) is 12.2 Å². The van der Waals surface area contributed by atoms with Crippen LogP contribution >= 0.6 is 0 Å². The zero-order chi connectivity index (χ0) is 25.3. The van der Waals surface area contributed by atoms with Crippen LogP contribution in [0.2, 0.25) is 0 Å². The van der Waals surface area contributed by atoms with Gasteiger partial charge in [-0.25, -0.2) is 10.0 Å². The van der Waals surface area contributed by atoms with Crippen molar-refractivity contribution >= 4 is 11.7 Å². The van der Waals surface area contributed by atoms with E-state index in [-0.39, 0.29) is 6.61 Å². The van der Waals surface area contributed by atoms with E-state index in [1.807, 2.05) is 6.07 Å². The Morgan fingerprint density at radius 1 is 0.971 bits per heavy atom. The molecule has 0 radical (unpaired) electrons. The van der Waals surface area contributed by atoms with Crippen LogP contribution < -0.4 is 4.90 Å². The zero-order valence-corrected chi connectivity index (χ0v) is 21.3. The van der Waals surface area contributed by atoms with Crippen molar-refractivity contribution in [3.8, 4) is 0 Å². The van der Waals surface area contributed by atoms with Gasteiger partial charge in [-0.2, -0.15) is 0 Å². The molecule has 1 aliphatic heterocycles. The van der Waals surface area contributed by atoms with Crippen LogP contribution in [0, 0.1) is 10.1 Å². The van der Waals surface area contributed by atoms with Gasteiger partial charge >= 0.3 is 0 Å². The normalized spacial score (nSPS) is 14.2. The molecule has 1 fully saturated rings. The molecule has 0 unspecified atom stereocenters. The van der Waals surface area contributed by atoms with Gasteiger partial charge in [0, 0.05) is 38.9 Å². The van der Waals surface area contributed by atoms with E-state index < -0.39 is 11.0 Å². The van der Waals surface area contributed by atoms with E-state index in [0.29, 0.717) is 12.1 Å². The summed E-state index contributed by atoms with van der Waals surface area (Å²) in [6.07, 6.45) is 14.5. The summed E-state index contributed by atoms with van der Waals surface area (Å²) in [5.41, 5.74) is 0.412. The highest BCUT2D eigenvalue weighted by atomic mass is 16.9. The molecule has 0 spiro atoms. The Bertz CT molecular complexity index is 725. The molecule has 10 nitrogen and oxygen atoms in total. The fraction of sp³-hybridized carbons (Fsp3) is 0.760. The summed E-state index contributed by atoms with van der Waals surface area (Å²) < 4.78 is 0. The van der Waals surface area contributed by atoms with Crippen molar-refractivity contribution in [3.63, 3.8) is 0 Å². The van der Waals surface area contributed by atoms with Crippen LogP contribution in [0.3, 0.4) is 0 Å². The lowest BCUT2D eigenvalue weighted by atomic mass is 10.1. The van der Waals surface area contributed by atoms with E-state index in [9.17, 15) is 20.1 Å². The molecule has 0 aromatic carbocycles. The van der Waals surface area contributed by atoms with Crippen LogP contribution in [0.25, 0.3) is 0 Å². The van der Waals surface area contributed by atoms with Gasteiger partial charge in [0.25, 0.3) is 11.0 Å². The van der Waals surface area contributed by atoms with Crippen molar-refractivity contribution in [1.82, 2.24) is 14.9 Å². The quantitative estimate of drug-likeness (QED) is 0.137. The molecular formula is C25H43N5O5. The first-order valence-electron chi connectivity index (χ1n) is 13.1. The molecule has 0 atom stereocenters. The zero-order valence-electron chi connectivity index (χ0n) is 21.3. The molecular weight excluding hydrogens is 450 g/mol. The number of rotatable bonds is 18. The van der Waals surface area contributed by atoms with Gasteiger partial charge in [-0.05, 0) is 32.0 Å². The number of anilines is 1. The van der Waals surface area contributed by atoms with E-state index in [0.717, 1.165) is 75.6 Å². The van der Waals surface area contributed by atoms with Crippen LogP contribution in [-0.2, 0) is 4.84 Å². The van der Waals surface area contributed by atoms with Gasteiger partial charge < -0.3 is 14.6 Å². The molecule has 10 heteroatoms. The highest BCUT2D eigenvalue weighted by Crippen LogP contribution is 2.15. The second kappa shape index (κ2) is 17.0. The second-order valence-electron chi connectivity index (χ2n) is 9.42. The third-order valence-electron chi connectivity index (χ3n) is 6.52. The van der Waals surface area contributed by atoms with Crippen molar-refractivity contribution in [2.45, 2.75) is 77.0 Å². The molecule has 1 N–H and O–H groups in total. The van der Waals surface area contributed by atoms with Gasteiger partial charge in [-0.15, -0.1) is 10.1 Å². The highest BCUT2D eigenvalue weighted by molar-refractivity contribution is 5.93. The monoisotopic (exact) mass is 493 g/mol. The van der Waals surface area contributed by atoms with Crippen LogP contribution in [-0.4, -0.2) is 77.5 Å². The molecule has 1 amide bonds. The smallest absolute Gasteiger partial charge is 0.294 e. The molecule has 0 aliphatic carbocycles. The molecule has 0 bridgehead atoms. The number of nitrogens with zero attached hydrogens (tertiary/aromatic N) is 5. The molecule has 198 valence electrons. The fourth-order valence-electron chi connectivity index (χ4n) is 4.26. The fourth-order valence-corrected chi connectivity index (χ4v) is 4.26. The van der Waals surface area contributed by atoms with Crippen LogP contribution in [0.5, 0.6) is 0 Å². The van der Waals surface area contributed by atoms with E-state index in [2.05, 4.69) is 26.7 Å². The minimum Gasteiger partial charge on any atom is -0.354 e. The number of hydroxylamine groups is 2. The molecule has 35 heavy (non-hydrogen) atoms. The Hall–Kier alpha value is -2.46. The number of amides is 1. The Morgan fingerprint density at radius 3 is 2.03 bits per heavy atom. The Kier molecular flexibility index (Phi) is 14.0. The molecule has 1 saturated heterocycles. The van der Waals surface area contributed by atoms with Gasteiger partial charge in [0.2, 0.25) is 0 Å². The number of carbonyl (C=O) groups excluding carboxylic acids is 1. The number of likely N-dealkylation sites (N-methyl/N-ethyl adjacent to an activating group) is 1. The Balaban J connectivity index is 1.44. The van der Waals surface area contributed by atoms with Crippen molar-refractivity contribution in [1.29, 1.82) is 0 Å². The van der Waals surface area contributed by atoms with E-state index in [4.69, 9.17) is 0 Å². The van der Waals surface area contributed by atoms with Gasteiger partial charge in [-0.1, -0.05) is 64.2 Å². The van der Waals surface area contributed by atoms with Gasteiger partial charge in [0.1, 0.15) is 5.82 Å². The summed E-state index contributed by atoms with van der Waals surface area (Å²) in [5.74, 6) is 0.479. The maximum absolute atomic E-state index is 12.4. The van der Waals surface area contributed by atoms with Crippen molar-refractivity contribution < 1.29 is 19.9 Å². The summed E-state index contributed by atoms with van der Waals surface area (Å²) in [4.78, 5) is 35.7. The first-order valence-corrected chi connectivity index (χ1v) is 13.1. The molecule has 0 saturated carbocycles. The molecule has 1 aliphatic rings. The van der Waals surface area contributed by atoms with E-state index in [1.54, 1.807) is 12.3 Å². The summed E-state index contributed by atoms with van der Waals surface area (Å²) in [6, 6.07) is 3.61. The predicted molar refractivity (Wildman–Crippen MR) is 135 cm³/mol. The van der Waals surface area contributed by atoms with Crippen molar-refractivity contribution in [2.75, 3.05) is 51.3 Å². The van der Waals surface area contributed by atoms with Crippen molar-refractivity contribution in [2.24, 2.45) is 0 Å². The van der Waals surface area contributed by atoms with E-state index >= 15 is 0 Å².